The van der Waals surface area contributed by atoms with Crippen LogP contribution in [0.1, 0.15) is 65.7 Å². The van der Waals surface area contributed by atoms with Crippen LogP contribution in [-0.2, 0) is 4.79 Å². The summed E-state index contributed by atoms with van der Waals surface area (Å²) >= 11 is 0. The molecule has 0 amide bonds. The average Bonchev–Trinajstić information content (AvgIpc) is 2.41. The molecule has 1 rings (SSSR count). The highest BCUT2D eigenvalue weighted by Crippen LogP contribution is 2.31. The maximum Gasteiger partial charge on any atom is 0.310 e. The Labute approximate surface area is 112 Å². The number of nitrogens with zero attached hydrogens (tertiary/aromatic N) is 1. The van der Waals surface area contributed by atoms with Gasteiger partial charge in [0.2, 0.25) is 0 Å². The SMILES string of the molecule is CCN(CC(CC)(CC)C(=O)O)C1CCCCC1. The van der Waals surface area contributed by atoms with Crippen LogP contribution in [0.4, 0.5) is 0 Å². The van der Waals surface area contributed by atoms with E-state index in [2.05, 4.69) is 11.8 Å². The zero-order valence-electron chi connectivity index (χ0n) is 12.2. The molecule has 1 N–H and O–H groups in total. The van der Waals surface area contributed by atoms with Crippen LogP contribution in [0.2, 0.25) is 0 Å². The molecule has 1 aliphatic carbocycles. The molecule has 0 heterocycles. The first-order chi connectivity index (χ1) is 8.59. The molecule has 0 bridgehead atoms. The smallest absolute Gasteiger partial charge is 0.310 e. The Bertz CT molecular complexity index is 255. The van der Waals surface area contributed by atoms with Crippen molar-refractivity contribution >= 4 is 5.97 Å². The lowest BCUT2D eigenvalue weighted by Gasteiger charge is -2.39. The molecule has 1 fully saturated rings. The summed E-state index contributed by atoms with van der Waals surface area (Å²) in [6.07, 6.45) is 7.90. The van der Waals surface area contributed by atoms with Crippen molar-refractivity contribution in [1.29, 1.82) is 0 Å². The highest BCUT2D eigenvalue weighted by molar-refractivity contribution is 5.74. The Hall–Kier alpha value is -0.570. The minimum Gasteiger partial charge on any atom is -0.481 e. The summed E-state index contributed by atoms with van der Waals surface area (Å²) in [5.74, 6) is -0.623. The third-order valence-corrected chi connectivity index (χ3v) is 4.81. The molecular weight excluding hydrogens is 226 g/mol. The van der Waals surface area contributed by atoms with E-state index in [0.717, 1.165) is 25.9 Å². The Morgan fingerprint density at radius 1 is 1.17 bits per heavy atom. The Balaban J connectivity index is 2.72. The van der Waals surface area contributed by atoms with E-state index in [9.17, 15) is 9.90 Å². The molecule has 1 saturated carbocycles. The summed E-state index contributed by atoms with van der Waals surface area (Å²) in [5, 5.41) is 9.54. The lowest BCUT2D eigenvalue weighted by atomic mass is 9.81. The largest absolute Gasteiger partial charge is 0.481 e. The van der Waals surface area contributed by atoms with Crippen LogP contribution in [0.25, 0.3) is 0 Å². The van der Waals surface area contributed by atoms with Crippen molar-refractivity contribution in [3.05, 3.63) is 0 Å². The summed E-state index contributed by atoms with van der Waals surface area (Å²) < 4.78 is 0. The van der Waals surface area contributed by atoms with Gasteiger partial charge in [-0.15, -0.1) is 0 Å². The summed E-state index contributed by atoms with van der Waals surface area (Å²) in [6, 6.07) is 0.612. The number of carboxylic acids is 1. The fourth-order valence-corrected chi connectivity index (χ4v) is 3.18. The second-order valence-electron chi connectivity index (χ2n) is 5.65. The molecule has 18 heavy (non-hydrogen) atoms. The van der Waals surface area contributed by atoms with Crippen molar-refractivity contribution in [1.82, 2.24) is 4.90 Å². The van der Waals surface area contributed by atoms with E-state index in [0.29, 0.717) is 6.04 Å². The van der Waals surface area contributed by atoms with Gasteiger partial charge in [-0.3, -0.25) is 9.69 Å². The monoisotopic (exact) mass is 255 g/mol. The minimum absolute atomic E-state index is 0.548. The maximum atomic E-state index is 11.6. The quantitative estimate of drug-likeness (QED) is 0.756. The highest BCUT2D eigenvalue weighted by Gasteiger charge is 2.38. The molecule has 0 aliphatic heterocycles. The van der Waals surface area contributed by atoms with E-state index >= 15 is 0 Å². The predicted molar refractivity (Wildman–Crippen MR) is 74.8 cm³/mol. The van der Waals surface area contributed by atoms with Crippen LogP contribution >= 0.6 is 0 Å². The first-order valence-electron chi connectivity index (χ1n) is 7.57. The van der Waals surface area contributed by atoms with E-state index in [-0.39, 0.29) is 0 Å². The number of carbonyl (C=O) groups is 1. The van der Waals surface area contributed by atoms with Crippen molar-refractivity contribution in [3.63, 3.8) is 0 Å². The van der Waals surface area contributed by atoms with Crippen LogP contribution in [0, 0.1) is 5.41 Å². The molecule has 0 radical (unpaired) electrons. The summed E-state index contributed by atoms with van der Waals surface area (Å²) in [6.45, 7) is 7.86. The Morgan fingerprint density at radius 3 is 2.11 bits per heavy atom. The van der Waals surface area contributed by atoms with Crippen molar-refractivity contribution in [2.75, 3.05) is 13.1 Å². The predicted octanol–water partition coefficient (Wildman–Crippen LogP) is 3.53. The molecule has 0 aromatic carbocycles. The van der Waals surface area contributed by atoms with Gasteiger partial charge in [0.05, 0.1) is 5.41 Å². The van der Waals surface area contributed by atoms with Gasteiger partial charge in [-0.05, 0) is 32.2 Å². The third kappa shape index (κ3) is 3.47. The lowest BCUT2D eigenvalue weighted by molar-refractivity contribution is -0.151. The highest BCUT2D eigenvalue weighted by atomic mass is 16.4. The van der Waals surface area contributed by atoms with Crippen molar-refractivity contribution in [2.24, 2.45) is 5.41 Å². The zero-order valence-corrected chi connectivity index (χ0v) is 12.2. The van der Waals surface area contributed by atoms with Crippen LogP contribution in [0.15, 0.2) is 0 Å². The molecular formula is C15H29NO2. The average molecular weight is 255 g/mol. The van der Waals surface area contributed by atoms with E-state index in [1.54, 1.807) is 0 Å². The molecule has 0 aromatic heterocycles. The van der Waals surface area contributed by atoms with E-state index in [4.69, 9.17) is 0 Å². The molecule has 0 unspecified atom stereocenters. The number of carboxylic acid groups (broad SMARTS) is 1. The van der Waals surface area contributed by atoms with Gasteiger partial charge in [-0.1, -0.05) is 40.0 Å². The number of hydrogen-bond acceptors (Lipinski definition) is 2. The Morgan fingerprint density at radius 2 is 1.72 bits per heavy atom. The van der Waals surface area contributed by atoms with Crippen LogP contribution in [-0.4, -0.2) is 35.1 Å². The lowest BCUT2D eigenvalue weighted by Crippen LogP contribution is -2.47. The van der Waals surface area contributed by atoms with E-state index in [1.807, 2.05) is 13.8 Å². The number of rotatable bonds is 7. The third-order valence-electron chi connectivity index (χ3n) is 4.81. The van der Waals surface area contributed by atoms with Gasteiger partial charge in [-0.2, -0.15) is 0 Å². The standard InChI is InChI=1S/C15H29NO2/c1-4-15(5-2,14(17)18)12-16(6-3)13-10-8-7-9-11-13/h13H,4-12H2,1-3H3,(H,17,18). The summed E-state index contributed by atoms with van der Waals surface area (Å²) in [4.78, 5) is 14.0. The molecule has 0 atom stereocenters. The first kappa shape index (κ1) is 15.5. The first-order valence-corrected chi connectivity index (χ1v) is 7.57. The van der Waals surface area contributed by atoms with Gasteiger partial charge in [0.1, 0.15) is 0 Å². The van der Waals surface area contributed by atoms with Crippen LogP contribution in [0.5, 0.6) is 0 Å². The fraction of sp³-hybridized carbons (Fsp3) is 0.933. The maximum absolute atomic E-state index is 11.6. The van der Waals surface area contributed by atoms with Gasteiger partial charge in [0.25, 0.3) is 0 Å². The van der Waals surface area contributed by atoms with Crippen LogP contribution < -0.4 is 0 Å². The summed E-state index contributed by atoms with van der Waals surface area (Å²) in [5.41, 5.74) is -0.548. The van der Waals surface area contributed by atoms with E-state index in [1.165, 1.54) is 32.1 Å². The van der Waals surface area contributed by atoms with Crippen LogP contribution in [0.3, 0.4) is 0 Å². The second kappa shape index (κ2) is 7.13. The van der Waals surface area contributed by atoms with Crippen molar-refractivity contribution in [3.8, 4) is 0 Å². The van der Waals surface area contributed by atoms with E-state index < -0.39 is 11.4 Å². The minimum atomic E-state index is -0.623. The molecule has 1 aliphatic rings. The van der Waals surface area contributed by atoms with Crippen molar-refractivity contribution in [2.45, 2.75) is 71.8 Å². The van der Waals surface area contributed by atoms with Gasteiger partial charge >= 0.3 is 5.97 Å². The molecule has 106 valence electrons. The molecule has 0 saturated heterocycles. The molecule has 0 aromatic rings. The van der Waals surface area contributed by atoms with Gasteiger partial charge in [-0.25, -0.2) is 0 Å². The summed E-state index contributed by atoms with van der Waals surface area (Å²) in [7, 11) is 0. The zero-order chi connectivity index (χ0) is 13.6. The molecule has 0 spiro atoms. The van der Waals surface area contributed by atoms with Gasteiger partial charge in [0.15, 0.2) is 0 Å². The second-order valence-corrected chi connectivity index (χ2v) is 5.65. The molecule has 3 heteroatoms. The fourth-order valence-electron chi connectivity index (χ4n) is 3.18. The van der Waals surface area contributed by atoms with Gasteiger partial charge < -0.3 is 5.11 Å². The number of hydrogen-bond donors (Lipinski definition) is 1. The van der Waals surface area contributed by atoms with Crippen molar-refractivity contribution < 1.29 is 9.90 Å². The number of aliphatic carboxylic acids is 1. The normalized spacial score (nSPS) is 18.2. The Kier molecular flexibility index (Phi) is 6.13. The molecule has 3 nitrogen and oxygen atoms in total. The van der Waals surface area contributed by atoms with Gasteiger partial charge in [0, 0.05) is 12.6 Å². The topological polar surface area (TPSA) is 40.5 Å².